The summed E-state index contributed by atoms with van der Waals surface area (Å²) in [4.78, 5) is 25.3. The Morgan fingerprint density at radius 3 is 3.05 bits per heavy atom. The van der Waals surface area contributed by atoms with Crippen LogP contribution in [0.25, 0.3) is 0 Å². The molecular formula is C11H15N3O4S. The molecule has 1 aliphatic rings. The van der Waals surface area contributed by atoms with E-state index in [9.17, 15) is 9.59 Å². The van der Waals surface area contributed by atoms with Crippen LogP contribution in [-0.4, -0.2) is 39.4 Å². The molecule has 0 spiro atoms. The third kappa shape index (κ3) is 4.23. The van der Waals surface area contributed by atoms with Crippen molar-refractivity contribution >= 4 is 24.1 Å². The maximum atomic E-state index is 10.8. The number of thioether (sulfide) groups is 1. The van der Waals surface area contributed by atoms with E-state index in [1.807, 2.05) is 0 Å². The average molecular weight is 285 g/mol. The number of aliphatic carboxylic acids is 1. The van der Waals surface area contributed by atoms with Crippen LogP contribution in [-0.2, 0) is 15.3 Å². The number of carboxylic acids is 1. The first kappa shape index (κ1) is 13.9. The number of hydrogen-bond donors (Lipinski definition) is 2. The van der Waals surface area contributed by atoms with Crippen LogP contribution in [0, 0.1) is 0 Å². The highest BCUT2D eigenvalue weighted by Crippen LogP contribution is 2.38. The molecule has 7 nitrogen and oxygen atoms in total. The fourth-order valence-electron chi connectivity index (χ4n) is 1.55. The molecule has 104 valence electrons. The lowest BCUT2D eigenvalue weighted by Crippen LogP contribution is -2.36. The smallest absolute Gasteiger partial charge is 0.326 e. The van der Waals surface area contributed by atoms with Crippen LogP contribution >= 0.6 is 11.8 Å². The maximum Gasteiger partial charge on any atom is 0.326 e. The summed E-state index contributed by atoms with van der Waals surface area (Å²) in [6, 6.07) is -0.838. The molecule has 19 heavy (non-hydrogen) atoms. The number of amides is 1. The van der Waals surface area contributed by atoms with Crippen LogP contribution in [0.3, 0.4) is 0 Å². The van der Waals surface area contributed by atoms with Crippen LogP contribution in [0.5, 0.6) is 0 Å². The van der Waals surface area contributed by atoms with Crippen molar-refractivity contribution in [3.8, 4) is 0 Å². The van der Waals surface area contributed by atoms with Gasteiger partial charge in [0.25, 0.3) is 0 Å². The first-order chi connectivity index (χ1) is 9.20. The van der Waals surface area contributed by atoms with Gasteiger partial charge < -0.3 is 14.9 Å². The molecule has 1 aliphatic carbocycles. The summed E-state index contributed by atoms with van der Waals surface area (Å²) in [7, 11) is 0. The molecule has 0 saturated heterocycles. The number of carboxylic acid groups (broad SMARTS) is 1. The normalized spacial score (nSPS) is 16.0. The van der Waals surface area contributed by atoms with Crippen LogP contribution < -0.4 is 5.32 Å². The Labute approximate surface area is 114 Å². The van der Waals surface area contributed by atoms with Gasteiger partial charge >= 0.3 is 5.97 Å². The van der Waals surface area contributed by atoms with E-state index in [2.05, 4.69) is 15.5 Å². The Morgan fingerprint density at radius 2 is 2.42 bits per heavy atom. The number of rotatable bonds is 9. The summed E-state index contributed by atoms with van der Waals surface area (Å²) >= 11 is 1.51. The van der Waals surface area contributed by atoms with Crippen molar-refractivity contribution in [2.75, 3.05) is 5.75 Å². The highest BCUT2D eigenvalue weighted by Gasteiger charge is 2.28. The number of nitrogens with one attached hydrogen (secondary N) is 1. The largest absolute Gasteiger partial charge is 0.480 e. The summed E-state index contributed by atoms with van der Waals surface area (Å²) in [6.07, 6.45) is 3.03. The van der Waals surface area contributed by atoms with E-state index in [0.717, 1.165) is 18.7 Å². The van der Waals surface area contributed by atoms with Gasteiger partial charge in [-0.15, -0.1) is 0 Å². The Bertz CT molecular complexity index is 447. The zero-order valence-electron chi connectivity index (χ0n) is 10.2. The number of carbonyl (C=O) groups is 2. The van der Waals surface area contributed by atoms with Crippen molar-refractivity contribution in [2.24, 2.45) is 0 Å². The number of carbonyl (C=O) groups excluding carboxylic acids is 1. The van der Waals surface area contributed by atoms with E-state index < -0.39 is 12.0 Å². The van der Waals surface area contributed by atoms with Gasteiger partial charge in [-0.25, -0.2) is 4.79 Å². The molecule has 2 rings (SSSR count). The lowest BCUT2D eigenvalue weighted by Gasteiger charge is -2.09. The predicted molar refractivity (Wildman–Crippen MR) is 67.7 cm³/mol. The van der Waals surface area contributed by atoms with E-state index in [0.29, 0.717) is 36.1 Å². The predicted octanol–water partition coefficient (Wildman–Crippen LogP) is 0.769. The zero-order valence-corrected chi connectivity index (χ0v) is 11.1. The van der Waals surface area contributed by atoms with Crippen LogP contribution in [0.15, 0.2) is 4.52 Å². The van der Waals surface area contributed by atoms with Crippen molar-refractivity contribution < 1.29 is 19.2 Å². The second kappa shape index (κ2) is 6.55. The minimum Gasteiger partial charge on any atom is -0.480 e. The number of aromatic nitrogens is 2. The van der Waals surface area contributed by atoms with E-state index in [1.165, 1.54) is 11.8 Å². The highest BCUT2D eigenvalue weighted by molar-refractivity contribution is 7.98. The molecule has 1 unspecified atom stereocenters. The lowest BCUT2D eigenvalue weighted by molar-refractivity contribution is -0.140. The van der Waals surface area contributed by atoms with Crippen molar-refractivity contribution in [2.45, 2.75) is 37.0 Å². The summed E-state index contributed by atoms with van der Waals surface area (Å²) in [5, 5.41) is 15.0. The van der Waals surface area contributed by atoms with Crippen LogP contribution in [0.4, 0.5) is 0 Å². The Balaban J connectivity index is 1.67. The molecule has 1 amide bonds. The fourth-order valence-corrected chi connectivity index (χ4v) is 2.39. The van der Waals surface area contributed by atoms with E-state index >= 15 is 0 Å². The standard InChI is InChI=1S/C11H15N3O4S/c15-6-12-8(11(16)17)3-4-19-5-9-13-10(14-18-9)7-1-2-7/h6-8H,1-5H2,(H,12,15)(H,16,17). The number of hydrogen-bond acceptors (Lipinski definition) is 6. The van der Waals surface area contributed by atoms with E-state index in [-0.39, 0.29) is 0 Å². The zero-order chi connectivity index (χ0) is 13.7. The molecule has 0 aromatic carbocycles. The summed E-state index contributed by atoms with van der Waals surface area (Å²) < 4.78 is 5.10. The van der Waals surface area contributed by atoms with Crippen molar-refractivity contribution in [3.63, 3.8) is 0 Å². The minimum absolute atomic E-state index is 0.363. The highest BCUT2D eigenvalue weighted by atomic mass is 32.2. The van der Waals surface area contributed by atoms with Gasteiger partial charge in [0.05, 0.1) is 5.75 Å². The summed E-state index contributed by atoms with van der Waals surface area (Å²) in [5.41, 5.74) is 0. The molecule has 1 heterocycles. The second-order valence-electron chi connectivity index (χ2n) is 4.34. The third-order valence-corrected chi connectivity index (χ3v) is 3.75. The summed E-state index contributed by atoms with van der Waals surface area (Å²) in [5.74, 6) is 1.95. The third-order valence-electron chi connectivity index (χ3n) is 2.77. The monoisotopic (exact) mass is 285 g/mol. The van der Waals surface area contributed by atoms with Gasteiger partial charge in [0.1, 0.15) is 6.04 Å². The molecule has 0 aliphatic heterocycles. The fraction of sp³-hybridized carbons (Fsp3) is 0.636. The molecule has 1 aromatic heterocycles. The van der Waals surface area contributed by atoms with Gasteiger partial charge in [-0.1, -0.05) is 5.16 Å². The molecule has 0 bridgehead atoms. The Hall–Kier alpha value is -1.57. The Morgan fingerprint density at radius 1 is 1.63 bits per heavy atom. The second-order valence-corrected chi connectivity index (χ2v) is 5.44. The molecule has 0 radical (unpaired) electrons. The Kier molecular flexibility index (Phi) is 4.78. The van der Waals surface area contributed by atoms with Gasteiger partial charge in [-0.2, -0.15) is 16.7 Å². The van der Waals surface area contributed by atoms with Crippen molar-refractivity contribution in [3.05, 3.63) is 11.7 Å². The molecule has 1 aromatic rings. The van der Waals surface area contributed by atoms with Gasteiger partial charge in [-0.05, 0) is 25.0 Å². The van der Waals surface area contributed by atoms with Gasteiger partial charge in [0.2, 0.25) is 12.3 Å². The number of nitrogens with zero attached hydrogens (tertiary/aromatic N) is 2. The summed E-state index contributed by atoms with van der Waals surface area (Å²) in [6.45, 7) is 0. The average Bonchev–Trinajstić information content (AvgIpc) is 3.13. The first-order valence-corrected chi connectivity index (χ1v) is 7.19. The minimum atomic E-state index is -1.03. The molecule has 2 N–H and O–H groups in total. The van der Waals surface area contributed by atoms with Crippen LogP contribution in [0.2, 0.25) is 0 Å². The first-order valence-electron chi connectivity index (χ1n) is 6.03. The lowest BCUT2D eigenvalue weighted by atomic mass is 10.2. The SMILES string of the molecule is O=CNC(CCSCc1nc(C2CC2)no1)C(=O)O. The van der Waals surface area contributed by atoms with E-state index in [1.54, 1.807) is 0 Å². The topological polar surface area (TPSA) is 105 Å². The van der Waals surface area contributed by atoms with Crippen molar-refractivity contribution in [1.82, 2.24) is 15.5 Å². The quantitative estimate of drug-likeness (QED) is 0.510. The van der Waals surface area contributed by atoms with Crippen LogP contribution in [0.1, 0.15) is 36.9 Å². The molecular weight excluding hydrogens is 270 g/mol. The van der Waals surface area contributed by atoms with E-state index in [4.69, 9.17) is 9.63 Å². The molecule has 1 atom stereocenters. The molecule has 1 saturated carbocycles. The maximum absolute atomic E-state index is 10.8. The molecule has 8 heteroatoms. The van der Waals surface area contributed by atoms with Gasteiger partial charge in [0, 0.05) is 5.92 Å². The van der Waals surface area contributed by atoms with Crippen molar-refractivity contribution in [1.29, 1.82) is 0 Å². The van der Waals surface area contributed by atoms with Gasteiger partial charge in [0.15, 0.2) is 5.82 Å². The molecule has 1 fully saturated rings. The van der Waals surface area contributed by atoms with Gasteiger partial charge in [-0.3, -0.25) is 4.79 Å².